The van der Waals surface area contributed by atoms with Crippen molar-refractivity contribution in [2.45, 2.75) is 52.0 Å². The first kappa shape index (κ1) is 14.3. The molecule has 0 radical (unpaired) electrons. The Hall–Kier alpha value is -1.62. The van der Waals surface area contributed by atoms with E-state index in [4.69, 9.17) is 5.73 Å². The van der Waals surface area contributed by atoms with Gasteiger partial charge in [-0.2, -0.15) is 0 Å². The number of amides is 1. The second-order valence-corrected chi connectivity index (χ2v) is 6.87. The standard InChI is InChI=1S/C16H21N3OS/c1-10-13(16(17)20)8-15(14-9-21-11(2)18-14)19(10)12-6-4-3-5-7-12/h8-9,12H,3-7H2,1-2H3,(H2,17,20). The zero-order valence-electron chi connectivity index (χ0n) is 12.6. The van der Waals surface area contributed by atoms with Crippen LogP contribution in [-0.2, 0) is 0 Å². The van der Waals surface area contributed by atoms with Crippen molar-refractivity contribution in [2.75, 3.05) is 0 Å². The van der Waals surface area contributed by atoms with Gasteiger partial charge in [0.25, 0.3) is 5.91 Å². The topological polar surface area (TPSA) is 60.9 Å². The molecule has 2 aromatic heterocycles. The summed E-state index contributed by atoms with van der Waals surface area (Å²) in [5.41, 5.74) is 9.14. The van der Waals surface area contributed by atoms with Crippen LogP contribution >= 0.6 is 11.3 Å². The van der Waals surface area contributed by atoms with Crippen LogP contribution < -0.4 is 5.73 Å². The number of carbonyl (C=O) groups is 1. The quantitative estimate of drug-likeness (QED) is 0.936. The van der Waals surface area contributed by atoms with Gasteiger partial charge in [-0.25, -0.2) is 4.98 Å². The number of primary amides is 1. The summed E-state index contributed by atoms with van der Waals surface area (Å²) < 4.78 is 2.30. The Kier molecular flexibility index (Phi) is 3.85. The van der Waals surface area contributed by atoms with E-state index in [9.17, 15) is 4.79 Å². The molecule has 21 heavy (non-hydrogen) atoms. The molecule has 2 N–H and O–H groups in total. The van der Waals surface area contributed by atoms with Crippen LogP contribution in [0.4, 0.5) is 0 Å². The van der Waals surface area contributed by atoms with Gasteiger partial charge in [-0.15, -0.1) is 11.3 Å². The van der Waals surface area contributed by atoms with Crippen molar-refractivity contribution in [2.24, 2.45) is 5.73 Å². The lowest BCUT2D eigenvalue weighted by atomic mass is 9.95. The predicted octanol–water partition coefficient (Wildman–Crippen LogP) is 3.83. The highest BCUT2D eigenvalue weighted by molar-refractivity contribution is 7.09. The van der Waals surface area contributed by atoms with Crippen LogP contribution in [0.25, 0.3) is 11.4 Å². The highest BCUT2D eigenvalue weighted by atomic mass is 32.1. The first-order chi connectivity index (χ1) is 10.1. The van der Waals surface area contributed by atoms with Crippen molar-refractivity contribution in [1.29, 1.82) is 0 Å². The summed E-state index contributed by atoms with van der Waals surface area (Å²) in [7, 11) is 0. The maximum atomic E-state index is 11.7. The average molecular weight is 303 g/mol. The maximum Gasteiger partial charge on any atom is 0.250 e. The molecule has 1 aliphatic rings. The zero-order chi connectivity index (χ0) is 15.0. The first-order valence-corrected chi connectivity index (χ1v) is 8.40. The molecule has 0 bridgehead atoms. The number of nitrogens with zero attached hydrogens (tertiary/aromatic N) is 2. The largest absolute Gasteiger partial charge is 0.366 e. The Labute approximate surface area is 129 Å². The van der Waals surface area contributed by atoms with Gasteiger partial charge >= 0.3 is 0 Å². The fourth-order valence-corrected chi connectivity index (χ4v) is 3.97. The SMILES string of the molecule is Cc1nc(-c2cc(C(N)=O)c(C)n2C2CCCCC2)cs1. The molecule has 3 rings (SSSR count). The number of aryl methyl sites for hydroxylation is 1. The number of thiazole rings is 1. The molecule has 1 saturated carbocycles. The minimum atomic E-state index is -0.352. The molecule has 1 amide bonds. The highest BCUT2D eigenvalue weighted by Crippen LogP contribution is 2.36. The van der Waals surface area contributed by atoms with E-state index in [2.05, 4.69) is 14.9 Å². The summed E-state index contributed by atoms with van der Waals surface area (Å²) in [6, 6.07) is 2.38. The van der Waals surface area contributed by atoms with E-state index in [0.29, 0.717) is 11.6 Å². The van der Waals surface area contributed by atoms with Gasteiger partial charge in [0.05, 0.1) is 22.0 Å². The third-order valence-electron chi connectivity index (χ3n) is 4.38. The van der Waals surface area contributed by atoms with Gasteiger partial charge in [-0.1, -0.05) is 19.3 Å². The van der Waals surface area contributed by atoms with Gasteiger partial charge in [0.2, 0.25) is 0 Å². The summed E-state index contributed by atoms with van der Waals surface area (Å²) in [6.45, 7) is 4.00. The monoisotopic (exact) mass is 303 g/mol. The maximum absolute atomic E-state index is 11.7. The molecule has 0 atom stereocenters. The van der Waals surface area contributed by atoms with Crippen molar-refractivity contribution in [3.8, 4) is 11.4 Å². The molecule has 1 aliphatic carbocycles. The Balaban J connectivity index is 2.12. The van der Waals surface area contributed by atoms with Crippen LogP contribution in [0.5, 0.6) is 0 Å². The van der Waals surface area contributed by atoms with Crippen LogP contribution in [-0.4, -0.2) is 15.5 Å². The molecule has 2 heterocycles. The summed E-state index contributed by atoms with van der Waals surface area (Å²) in [6.07, 6.45) is 6.16. The van der Waals surface area contributed by atoms with E-state index in [1.165, 1.54) is 32.1 Å². The summed E-state index contributed by atoms with van der Waals surface area (Å²) in [5, 5.41) is 3.11. The molecule has 0 spiro atoms. The molecule has 1 fully saturated rings. The number of nitrogens with two attached hydrogens (primary N) is 1. The molecule has 5 heteroatoms. The molecular weight excluding hydrogens is 282 g/mol. The zero-order valence-corrected chi connectivity index (χ0v) is 13.4. The molecule has 4 nitrogen and oxygen atoms in total. The Morgan fingerprint density at radius 1 is 1.33 bits per heavy atom. The first-order valence-electron chi connectivity index (χ1n) is 7.52. The number of rotatable bonds is 3. The summed E-state index contributed by atoms with van der Waals surface area (Å²) in [5.74, 6) is -0.352. The minimum absolute atomic E-state index is 0.352. The lowest BCUT2D eigenvalue weighted by Gasteiger charge is -2.26. The smallest absolute Gasteiger partial charge is 0.250 e. The second kappa shape index (κ2) is 5.64. The van der Waals surface area contributed by atoms with Crippen LogP contribution in [0.3, 0.4) is 0 Å². The van der Waals surface area contributed by atoms with Crippen LogP contribution in [0.1, 0.15) is 59.2 Å². The van der Waals surface area contributed by atoms with Gasteiger partial charge in [-0.05, 0) is 32.8 Å². The summed E-state index contributed by atoms with van der Waals surface area (Å²) >= 11 is 1.64. The highest BCUT2D eigenvalue weighted by Gasteiger charge is 2.24. The number of carbonyl (C=O) groups excluding carboxylic acids is 1. The van der Waals surface area contributed by atoms with Crippen LogP contribution in [0.2, 0.25) is 0 Å². The van der Waals surface area contributed by atoms with Crippen LogP contribution in [0, 0.1) is 13.8 Å². The Bertz CT molecular complexity index is 665. The number of hydrogen-bond donors (Lipinski definition) is 1. The van der Waals surface area contributed by atoms with Gasteiger partial charge in [0.15, 0.2) is 0 Å². The fourth-order valence-electron chi connectivity index (χ4n) is 3.36. The molecule has 0 aromatic carbocycles. The fraction of sp³-hybridized carbons (Fsp3) is 0.500. The molecule has 0 unspecified atom stereocenters. The molecule has 112 valence electrons. The molecular formula is C16H21N3OS. The lowest BCUT2D eigenvalue weighted by molar-refractivity contribution is 0.0999. The van der Waals surface area contributed by atoms with Gasteiger partial charge < -0.3 is 10.3 Å². The van der Waals surface area contributed by atoms with Gasteiger partial charge in [0.1, 0.15) is 0 Å². The lowest BCUT2D eigenvalue weighted by Crippen LogP contribution is -2.17. The number of hydrogen-bond acceptors (Lipinski definition) is 3. The molecule has 2 aromatic rings. The molecule has 0 aliphatic heterocycles. The van der Waals surface area contributed by atoms with Crippen molar-refractivity contribution in [1.82, 2.24) is 9.55 Å². The number of aromatic nitrogens is 2. The Morgan fingerprint density at radius 2 is 2.05 bits per heavy atom. The van der Waals surface area contributed by atoms with Gasteiger partial charge in [0, 0.05) is 17.1 Å². The van der Waals surface area contributed by atoms with E-state index < -0.39 is 0 Å². The summed E-state index contributed by atoms with van der Waals surface area (Å²) in [4.78, 5) is 16.3. The normalized spacial score (nSPS) is 16.3. The average Bonchev–Trinajstić information content (AvgIpc) is 3.03. The minimum Gasteiger partial charge on any atom is -0.366 e. The third-order valence-corrected chi connectivity index (χ3v) is 5.15. The van der Waals surface area contributed by atoms with Gasteiger partial charge in [-0.3, -0.25) is 4.79 Å². The second-order valence-electron chi connectivity index (χ2n) is 5.81. The van der Waals surface area contributed by atoms with Crippen molar-refractivity contribution in [3.63, 3.8) is 0 Å². The third kappa shape index (κ3) is 2.62. The van der Waals surface area contributed by atoms with E-state index >= 15 is 0 Å². The van der Waals surface area contributed by atoms with Crippen molar-refractivity contribution >= 4 is 17.2 Å². The predicted molar refractivity (Wildman–Crippen MR) is 85.7 cm³/mol. The van der Waals surface area contributed by atoms with Crippen molar-refractivity contribution < 1.29 is 4.79 Å². The van der Waals surface area contributed by atoms with E-state index in [1.807, 2.05) is 19.9 Å². The molecule has 0 saturated heterocycles. The van der Waals surface area contributed by atoms with E-state index in [1.54, 1.807) is 11.3 Å². The Morgan fingerprint density at radius 3 is 2.62 bits per heavy atom. The van der Waals surface area contributed by atoms with E-state index in [0.717, 1.165) is 22.1 Å². The van der Waals surface area contributed by atoms with Crippen LogP contribution in [0.15, 0.2) is 11.4 Å². The van der Waals surface area contributed by atoms with Crippen molar-refractivity contribution in [3.05, 3.63) is 27.7 Å². The van der Waals surface area contributed by atoms with E-state index in [-0.39, 0.29) is 5.91 Å².